The lowest BCUT2D eigenvalue weighted by Crippen LogP contribution is -2.40. The number of aryl methyl sites for hydroxylation is 1. The van der Waals surface area contributed by atoms with Gasteiger partial charge < -0.3 is 19.6 Å². The van der Waals surface area contributed by atoms with E-state index in [1.807, 2.05) is 13.0 Å². The Morgan fingerprint density at radius 3 is 2.39 bits per heavy atom. The highest BCUT2D eigenvalue weighted by Crippen LogP contribution is 2.39. The van der Waals surface area contributed by atoms with Crippen LogP contribution in [0.5, 0.6) is 0 Å². The Balaban J connectivity index is 0.00000104. The van der Waals surface area contributed by atoms with Crippen LogP contribution in [0.25, 0.3) is 17.4 Å². The van der Waals surface area contributed by atoms with Crippen LogP contribution in [0.2, 0.25) is 0 Å². The zero-order valence-corrected chi connectivity index (χ0v) is 27.0. The lowest BCUT2D eigenvalue weighted by molar-refractivity contribution is -0.155. The fraction of sp³-hybridized carbons (Fsp3) is 0.545. The van der Waals surface area contributed by atoms with Crippen molar-refractivity contribution in [3.63, 3.8) is 0 Å². The molecule has 0 radical (unpaired) electrons. The van der Waals surface area contributed by atoms with Crippen molar-refractivity contribution in [1.29, 1.82) is 0 Å². The van der Waals surface area contributed by atoms with Crippen LogP contribution in [0.15, 0.2) is 45.3 Å². The third-order valence-electron chi connectivity index (χ3n) is 8.78. The number of furan rings is 1. The Bertz CT molecular complexity index is 1570. The lowest BCUT2D eigenvalue weighted by atomic mass is 9.76. The monoisotopic (exact) mass is 627 g/mol. The van der Waals surface area contributed by atoms with Crippen molar-refractivity contribution >= 4 is 28.5 Å². The highest BCUT2D eigenvalue weighted by Gasteiger charge is 2.39. The zero-order valence-electron chi connectivity index (χ0n) is 26.2. The molecule has 1 aromatic heterocycles. The Labute approximate surface area is 259 Å². The van der Waals surface area contributed by atoms with Crippen LogP contribution in [-0.4, -0.2) is 69.4 Å². The highest BCUT2D eigenvalue weighted by atomic mass is 32.2. The van der Waals surface area contributed by atoms with Crippen LogP contribution < -0.4 is 16.1 Å². The molecule has 2 aromatic rings. The van der Waals surface area contributed by atoms with Crippen molar-refractivity contribution in [2.24, 2.45) is 16.3 Å². The van der Waals surface area contributed by atoms with Gasteiger partial charge in [-0.05, 0) is 81.1 Å². The second-order valence-electron chi connectivity index (χ2n) is 11.9. The van der Waals surface area contributed by atoms with Gasteiger partial charge in [0.2, 0.25) is 22.0 Å². The molecule has 10 nitrogen and oxygen atoms in total. The van der Waals surface area contributed by atoms with Crippen molar-refractivity contribution in [2.45, 2.75) is 71.4 Å². The summed E-state index contributed by atoms with van der Waals surface area (Å²) >= 11 is 0. The van der Waals surface area contributed by atoms with Crippen molar-refractivity contribution in [3.05, 3.63) is 57.8 Å². The standard InChI is InChI=1S/C31H40N2O6S.C2H5NO/c1-4-22-7-9-24(10-8-22)28-21(2)26-19-25(23-11-12-23)20-27(32-29(26)39-28)33(40(3,36)37)16-6-5-13-31(30(34)35)14-17-38-18-15-31;1-3-2-4/h7-10,19-20,23,27H,4-6,11-18H2,1-3H3,(H,34,35);2H,1H3,(H,3,4). The van der Waals surface area contributed by atoms with E-state index in [-0.39, 0.29) is 6.54 Å². The fourth-order valence-electron chi connectivity index (χ4n) is 5.86. The maximum atomic E-state index is 13.1. The molecule has 1 unspecified atom stereocenters. The van der Waals surface area contributed by atoms with Gasteiger partial charge >= 0.3 is 5.97 Å². The smallest absolute Gasteiger partial charge is 0.309 e. The topological polar surface area (TPSA) is 139 Å². The van der Waals surface area contributed by atoms with Gasteiger partial charge in [-0.3, -0.25) is 9.59 Å². The number of benzene rings is 1. The summed E-state index contributed by atoms with van der Waals surface area (Å²) in [5, 5.41) is 13.0. The van der Waals surface area contributed by atoms with Crippen LogP contribution >= 0.6 is 0 Å². The molecule has 0 bridgehead atoms. The van der Waals surface area contributed by atoms with Crippen LogP contribution in [0.4, 0.5) is 0 Å². The molecule has 1 atom stereocenters. The number of allylic oxidation sites excluding steroid dienone is 1. The number of ether oxygens (including phenoxy) is 1. The van der Waals surface area contributed by atoms with E-state index >= 15 is 0 Å². The Kier molecular flexibility index (Phi) is 11.2. The first kappa shape index (κ1) is 33.6. The summed E-state index contributed by atoms with van der Waals surface area (Å²) < 4.78 is 39.3. The number of carbonyl (C=O) groups is 2. The summed E-state index contributed by atoms with van der Waals surface area (Å²) in [6, 6.07) is 8.32. The second kappa shape index (κ2) is 14.7. The molecule has 1 saturated carbocycles. The van der Waals surface area contributed by atoms with Gasteiger partial charge in [-0.25, -0.2) is 13.4 Å². The minimum atomic E-state index is -3.61. The van der Waals surface area contributed by atoms with Crippen LogP contribution in [0.1, 0.15) is 63.0 Å². The third kappa shape index (κ3) is 8.05. The van der Waals surface area contributed by atoms with E-state index in [0.717, 1.165) is 46.9 Å². The van der Waals surface area contributed by atoms with Gasteiger partial charge in [0.05, 0.1) is 11.7 Å². The fourth-order valence-corrected chi connectivity index (χ4v) is 6.83. The average Bonchev–Trinajstić information content (AvgIpc) is 3.83. The molecule has 5 rings (SSSR count). The molecule has 11 heteroatoms. The van der Waals surface area contributed by atoms with E-state index in [4.69, 9.17) is 18.9 Å². The zero-order chi connectivity index (χ0) is 31.9. The highest BCUT2D eigenvalue weighted by molar-refractivity contribution is 7.88. The van der Waals surface area contributed by atoms with Crippen LogP contribution in [0.3, 0.4) is 0 Å². The number of amides is 1. The Hall–Kier alpha value is -3.28. The van der Waals surface area contributed by atoms with Crippen LogP contribution in [-0.2, 0) is 30.8 Å². The SMILES string of the molecule is CCc1ccc(-c2oc3c(c2C)=CC(C2CC2)=CC(N(CCCCC2(C(=O)O)CCOCC2)S(C)(=O)=O)N=3)cc1.CNC=O. The summed E-state index contributed by atoms with van der Waals surface area (Å²) in [5.74, 6) is 0.364. The molecule has 1 saturated heterocycles. The number of nitrogens with one attached hydrogen (secondary N) is 1. The molecular weight excluding hydrogens is 582 g/mol. The third-order valence-corrected chi connectivity index (χ3v) is 10.0. The normalized spacial score (nSPS) is 19.3. The van der Waals surface area contributed by atoms with Crippen molar-refractivity contribution in [2.75, 3.05) is 33.1 Å². The first-order chi connectivity index (χ1) is 21.0. The van der Waals surface area contributed by atoms with Crippen molar-refractivity contribution in [1.82, 2.24) is 9.62 Å². The van der Waals surface area contributed by atoms with E-state index in [9.17, 15) is 18.3 Å². The predicted molar refractivity (Wildman–Crippen MR) is 169 cm³/mol. The molecule has 240 valence electrons. The number of carboxylic acids is 1. The molecule has 0 spiro atoms. The van der Waals surface area contributed by atoms with Gasteiger partial charge in [-0.2, -0.15) is 4.31 Å². The van der Waals surface area contributed by atoms with E-state index < -0.39 is 27.6 Å². The maximum absolute atomic E-state index is 13.1. The molecule has 1 aromatic carbocycles. The molecule has 2 aliphatic heterocycles. The van der Waals surface area contributed by atoms with E-state index in [1.54, 1.807) is 7.05 Å². The first-order valence-corrected chi connectivity index (χ1v) is 17.3. The number of rotatable bonds is 12. The Morgan fingerprint density at radius 2 is 1.84 bits per heavy atom. The quantitative estimate of drug-likeness (QED) is 0.271. The molecule has 3 aliphatic rings. The predicted octanol–water partition coefficient (Wildman–Crippen LogP) is 3.57. The van der Waals surface area contributed by atoms with Gasteiger partial charge in [0.15, 0.2) is 0 Å². The first-order valence-electron chi connectivity index (χ1n) is 15.4. The minimum absolute atomic E-state index is 0.258. The van der Waals surface area contributed by atoms with Crippen LogP contribution in [0, 0.1) is 18.3 Å². The molecule has 2 fully saturated rings. The largest absolute Gasteiger partial charge is 0.481 e. The number of aliphatic carboxylic acids is 1. The molecule has 44 heavy (non-hydrogen) atoms. The average molecular weight is 628 g/mol. The molecule has 3 heterocycles. The summed E-state index contributed by atoms with van der Waals surface area (Å²) in [6.07, 6.45) is 11.0. The lowest BCUT2D eigenvalue weighted by Gasteiger charge is -2.33. The summed E-state index contributed by atoms with van der Waals surface area (Å²) in [5.41, 5.74) is 3.98. The molecular formula is C33H45N3O7S. The Morgan fingerprint density at radius 1 is 1.18 bits per heavy atom. The second-order valence-corrected chi connectivity index (χ2v) is 13.8. The number of nitrogens with zero attached hydrogens (tertiary/aromatic N) is 2. The van der Waals surface area contributed by atoms with E-state index in [1.165, 1.54) is 16.1 Å². The van der Waals surface area contributed by atoms with Gasteiger partial charge in [-0.15, -0.1) is 0 Å². The number of carbonyl (C=O) groups excluding carboxylic acids is 1. The minimum Gasteiger partial charge on any atom is -0.481 e. The number of sulfonamides is 1. The van der Waals surface area contributed by atoms with Gasteiger partial charge in [0.25, 0.3) is 0 Å². The molecule has 1 amide bonds. The van der Waals surface area contributed by atoms with Gasteiger partial charge in [0, 0.05) is 43.2 Å². The van der Waals surface area contributed by atoms with Gasteiger partial charge in [0.1, 0.15) is 11.9 Å². The number of fused-ring (bicyclic) bond motifs is 1. The summed E-state index contributed by atoms with van der Waals surface area (Å²) in [7, 11) is -2.05. The number of unbranched alkanes of at least 4 members (excludes halogenated alkanes) is 1. The van der Waals surface area contributed by atoms with E-state index in [2.05, 4.69) is 42.6 Å². The van der Waals surface area contributed by atoms with Crippen molar-refractivity contribution < 1.29 is 32.3 Å². The number of hydrogen-bond donors (Lipinski definition) is 2. The molecule has 2 N–H and O–H groups in total. The summed E-state index contributed by atoms with van der Waals surface area (Å²) in [6.45, 7) is 5.31. The summed E-state index contributed by atoms with van der Waals surface area (Å²) in [4.78, 5) is 26.0. The van der Waals surface area contributed by atoms with E-state index in [0.29, 0.717) is 63.2 Å². The number of hydrogen-bond acceptors (Lipinski definition) is 7. The maximum Gasteiger partial charge on any atom is 0.309 e. The van der Waals surface area contributed by atoms with Crippen molar-refractivity contribution in [3.8, 4) is 11.3 Å². The number of carboxylic acid groups (broad SMARTS) is 1. The molecule has 1 aliphatic carbocycles. The van der Waals surface area contributed by atoms with Gasteiger partial charge in [-0.1, -0.05) is 37.6 Å².